The van der Waals surface area contributed by atoms with E-state index in [9.17, 15) is 9.59 Å². The van der Waals surface area contributed by atoms with Gasteiger partial charge in [0.25, 0.3) is 0 Å². The molecule has 3 rings (SSSR count). The molecule has 7 heteroatoms. The lowest BCUT2D eigenvalue weighted by atomic mass is 9.97. The maximum atomic E-state index is 12.6. The van der Waals surface area contributed by atoms with Gasteiger partial charge in [0.1, 0.15) is 5.75 Å². The highest BCUT2D eigenvalue weighted by atomic mass is 35.5. The Kier molecular flexibility index (Phi) is 7.12. The van der Waals surface area contributed by atoms with Crippen LogP contribution in [0.1, 0.15) is 18.4 Å². The summed E-state index contributed by atoms with van der Waals surface area (Å²) in [5, 5.41) is 6.44. The SMILES string of the molecule is COc1cc(Cl)c(C)cc1NC(=O)CN1CCCC(C(=O)Nc2ccccc2)C1. The molecule has 1 aliphatic rings. The third-order valence-corrected chi connectivity index (χ3v) is 5.45. The first-order chi connectivity index (χ1) is 14.0. The van der Waals surface area contributed by atoms with Gasteiger partial charge in [-0.25, -0.2) is 0 Å². The molecule has 1 fully saturated rings. The van der Waals surface area contributed by atoms with Crippen LogP contribution in [0, 0.1) is 12.8 Å². The van der Waals surface area contributed by atoms with E-state index in [1.54, 1.807) is 12.1 Å². The molecule has 2 N–H and O–H groups in total. The van der Waals surface area contributed by atoms with Gasteiger partial charge in [-0.05, 0) is 50.1 Å². The van der Waals surface area contributed by atoms with Crippen molar-refractivity contribution in [1.82, 2.24) is 4.90 Å². The summed E-state index contributed by atoms with van der Waals surface area (Å²) in [4.78, 5) is 27.2. The van der Waals surface area contributed by atoms with Crippen molar-refractivity contribution < 1.29 is 14.3 Å². The summed E-state index contributed by atoms with van der Waals surface area (Å²) in [5.41, 5.74) is 2.24. The van der Waals surface area contributed by atoms with Crippen molar-refractivity contribution in [2.24, 2.45) is 5.92 Å². The molecule has 0 spiro atoms. The van der Waals surface area contributed by atoms with Gasteiger partial charge in [-0.15, -0.1) is 0 Å². The molecule has 1 atom stereocenters. The fourth-order valence-electron chi connectivity index (χ4n) is 3.50. The number of aryl methyl sites for hydroxylation is 1. The number of halogens is 1. The number of amides is 2. The first kappa shape index (κ1) is 21.1. The van der Waals surface area contributed by atoms with Gasteiger partial charge in [-0.1, -0.05) is 29.8 Å². The third-order valence-electron chi connectivity index (χ3n) is 5.04. The Bertz CT molecular complexity index is 873. The van der Waals surface area contributed by atoms with Crippen molar-refractivity contribution in [1.29, 1.82) is 0 Å². The summed E-state index contributed by atoms with van der Waals surface area (Å²) in [7, 11) is 1.54. The highest BCUT2D eigenvalue weighted by Crippen LogP contribution is 2.31. The van der Waals surface area contributed by atoms with Crippen molar-refractivity contribution >= 4 is 34.8 Å². The molecule has 29 heavy (non-hydrogen) atoms. The number of rotatable bonds is 6. The summed E-state index contributed by atoms with van der Waals surface area (Å²) in [6, 6.07) is 12.9. The lowest BCUT2D eigenvalue weighted by Gasteiger charge is -2.31. The van der Waals surface area contributed by atoms with Crippen LogP contribution in [0.4, 0.5) is 11.4 Å². The average Bonchev–Trinajstić information content (AvgIpc) is 2.71. The average molecular weight is 416 g/mol. The van der Waals surface area contributed by atoms with Crippen LogP contribution in [-0.4, -0.2) is 43.5 Å². The minimum atomic E-state index is -0.144. The smallest absolute Gasteiger partial charge is 0.238 e. The number of hydrogen-bond donors (Lipinski definition) is 2. The summed E-state index contributed by atoms with van der Waals surface area (Å²) in [5.74, 6) is 0.238. The number of carbonyl (C=O) groups is 2. The first-order valence-corrected chi connectivity index (χ1v) is 10.1. The zero-order chi connectivity index (χ0) is 20.8. The monoisotopic (exact) mass is 415 g/mol. The zero-order valence-corrected chi connectivity index (χ0v) is 17.5. The molecular weight excluding hydrogens is 390 g/mol. The quantitative estimate of drug-likeness (QED) is 0.749. The molecule has 2 aromatic rings. The Morgan fingerprint density at radius 1 is 1.21 bits per heavy atom. The van der Waals surface area contributed by atoms with Crippen molar-refractivity contribution in [2.75, 3.05) is 37.4 Å². The predicted octanol–water partition coefficient (Wildman–Crippen LogP) is 3.95. The number of carbonyl (C=O) groups excluding carboxylic acids is 2. The van der Waals surface area contributed by atoms with Crippen LogP contribution >= 0.6 is 11.6 Å². The van der Waals surface area contributed by atoms with Gasteiger partial charge in [-0.3, -0.25) is 14.5 Å². The number of piperidine rings is 1. The van der Waals surface area contributed by atoms with Crippen LogP contribution in [0.5, 0.6) is 5.75 Å². The van der Waals surface area contributed by atoms with Gasteiger partial charge in [-0.2, -0.15) is 0 Å². The number of methoxy groups -OCH3 is 1. The Balaban J connectivity index is 1.57. The Hall–Kier alpha value is -2.57. The van der Waals surface area contributed by atoms with E-state index in [1.807, 2.05) is 42.2 Å². The Morgan fingerprint density at radius 3 is 2.69 bits per heavy atom. The molecule has 6 nitrogen and oxygen atoms in total. The van der Waals surface area contributed by atoms with Crippen molar-refractivity contribution in [3.05, 3.63) is 53.1 Å². The van der Waals surface area contributed by atoms with Crippen LogP contribution in [0.2, 0.25) is 5.02 Å². The highest BCUT2D eigenvalue weighted by Gasteiger charge is 2.27. The molecule has 0 aromatic heterocycles. The molecule has 1 heterocycles. The van der Waals surface area contributed by atoms with Crippen LogP contribution in [0.3, 0.4) is 0 Å². The summed E-state index contributed by atoms with van der Waals surface area (Å²) in [6.45, 7) is 3.44. The summed E-state index contributed by atoms with van der Waals surface area (Å²) in [6.07, 6.45) is 1.70. The van der Waals surface area contributed by atoms with Gasteiger partial charge >= 0.3 is 0 Å². The lowest BCUT2D eigenvalue weighted by Crippen LogP contribution is -2.44. The summed E-state index contributed by atoms with van der Waals surface area (Å²) < 4.78 is 5.31. The molecule has 1 saturated heterocycles. The fraction of sp³-hybridized carbons (Fsp3) is 0.364. The van der Waals surface area contributed by atoms with E-state index >= 15 is 0 Å². The molecule has 2 amide bonds. The molecule has 2 aromatic carbocycles. The molecule has 0 bridgehead atoms. The maximum absolute atomic E-state index is 12.6. The van der Waals surface area contributed by atoms with E-state index in [2.05, 4.69) is 10.6 Å². The van der Waals surface area contributed by atoms with Gasteiger partial charge in [0.2, 0.25) is 11.8 Å². The maximum Gasteiger partial charge on any atom is 0.238 e. The molecular formula is C22H26ClN3O3. The number of ether oxygens (including phenoxy) is 1. The van der Waals surface area contributed by atoms with Gasteiger partial charge in [0.15, 0.2) is 0 Å². The second-order valence-corrected chi connectivity index (χ2v) is 7.69. The van der Waals surface area contributed by atoms with E-state index in [0.717, 1.165) is 30.6 Å². The van der Waals surface area contributed by atoms with Crippen molar-refractivity contribution in [3.63, 3.8) is 0 Å². The molecule has 1 unspecified atom stereocenters. The molecule has 1 aliphatic heterocycles. The number of anilines is 2. The fourth-order valence-corrected chi connectivity index (χ4v) is 3.66. The molecule has 0 radical (unpaired) electrons. The number of likely N-dealkylation sites (tertiary alicyclic amines) is 1. The van der Waals surface area contributed by atoms with Crippen LogP contribution < -0.4 is 15.4 Å². The number of para-hydroxylation sites is 1. The Morgan fingerprint density at radius 2 is 1.97 bits per heavy atom. The zero-order valence-electron chi connectivity index (χ0n) is 16.7. The minimum absolute atomic E-state index is 0.00342. The number of benzene rings is 2. The largest absolute Gasteiger partial charge is 0.495 e. The van der Waals surface area contributed by atoms with Crippen LogP contribution in [0.25, 0.3) is 0 Å². The predicted molar refractivity (Wildman–Crippen MR) is 116 cm³/mol. The van der Waals surface area contributed by atoms with E-state index in [-0.39, 0.29) is 24.3 Å². The number of hydrogen-bond acceptors (Lipinski definition) is 4. The third kappa shape index (κ3) is 5.71. The van der Waals surface area contributed by atoms with E-state index in [0.29, 0.717) is 23.0 Å². The number of nitrogens with zero attached hydrogens (tertiary/aromatic N) is 1. The van der Waals surface area contributed by atoms with Crippen molar-refractivity contribution in [2.45, 2.75) is 19.8 Å². The second-order valence-electron chi connectivity index (χ2n) is 7.28. The minimum Gasteiger partial charge on any atom is -0.495 e. The van der Waals surface area contributed by atoms with E-state index in [1.165, 1.54) is 7.11 Å². The lowest BCUT2D eigenvalue weighted by molar-refractivity contribution is -0.123. The first-order valence-electron chi connectivity index (χ1n) is 9.68. The standard InChI is InChI=1S/C22H26ClN3O3/c1-15-11-19(20(29-2)12-18(15)23)25-21(27)14-26-10-6-7-16(13-26)22(28)24-17-8-4-3-5-9-17/h3-5,8-9,11-12,16H,6-7,10,13-14H2,1-2H3,(H,24,28)(H,25,27). The summed E-state index contributed by atoms with van der Waals surface area (Å²) >= 11 is 6.12. The Labute approximate surface area is 176 Å². The van der Waals surface area contributed by atoms with E-state index in [4.69, 9.17) is 16.3 Å². The van der Waals surface area contributed by atoms with Gasteiger partial charge in [0.05, 0.1) is 25.3 Å². The normalized spacial score (nSPS) is 16.9. The van der Waals surface area contributed by atoms with Crippen LogP contribution in [-0.2, 0) is 9.59 Å². The van der Waals surface area contributed by atoms with Crippen molar-refractivity contribution in [3.8, 4) is 5.75 Å². The van der Waals surface area contributed by atoms with Gasteiger partial charge < -0.3 is 15.4 Å². The molecule has 154 valence electrons. The molecule has 0 saturated carbocycles. The van der Waals surface area contributed by atoms with Gasteiger partial charge in [0, 0.05) is 23.3 Å². The topological polar surface area (TPSA) is 70.7 Å². The molecule has 0 aliphatic carbocycles. The second kappa shape index (κ2) is 9.76. The van der Waals surface area contributed by atoms with E-state index < -0.39 is 0 Å². The van der Waals surface area contributed by atoms with Crippen LogP contribution in [0.15, 0.2) is 42.5 Å². The highest BCUT2D eigenvalue weighted by molar-refractivity contribution is 6.31. The number of nitrogens with one attached hydrogen (secondary N) is 2.